The number of rotatable bonds is 6. The maximum atomic E-state index is 13.1. The van der Waals surface area contributed by atoms with E-state index in [-0.39, 0.29) is 23.5 Å². The number of hydrogen-bond acceptors (Lipinski definition) is 4. The fraction of sp³-hybridized carbons (Fsp3) is 0.269. The first-order valence-electron chi connectivity index (χ1n) is 11.2. The maximum Gasteiger partial charge on any atom is 0.253 e. The second kappa shape index (κ2) is 10.3. The molecule has 0 radical (unpaired) electrons. The largest absolute Gasteiger partial charge is 0.353 e. The first-order chi connectivity index (χ1) is 16.0. The molecule has 4 rings (SSSR count). The zero-order valence-electron chi connectivity index (χ0n) is 18.6. The van der Waals surface area contributed by atoms with Crippen molar-refractivity contribution in [3.63, 3.8) is 0 Å². The summed E-state index contributed by atoms with van der Waals surface area (Å²) in [6.07, 6.45) is 2.38. The van der Waals surface area contributed by atoms with E-state index in [0.29, 0.717) is 43.9 Å². The van der Waals surface area contributed by atoms with Crippen LogP contribution in [0.1, 0.15) is 35.2 Å². The summed E-state index contributed by atoms with van der Waals surface area (Å²) in [5.74, 6) is 0.0951. The summed E-state index contributed by atoms with van der Waals surface area (Å²) in [4.78, 5) is 33.8. The van der Waals surface area contributed by atoms with E-state index in [1.54, 1.807) is 11.1 Å². The third-order valence-electron chi connectivity index (χ3n) is 5.92. The van der Waals surface area contributed by atoms with Gasteiger partial charge in [-0.2, -0.15) is 0 Å². The first kappa shape index (κ1) is 22.5. The van der Waals surface area contributed by atoms with Gasteiger partial charge in [0.1, 0.15) is 11.6 Å². The summed E-state index contributed by atoms with van der Waals surface area (Å²) in [6, 6.07) is 19.1. The van der Waals surface area contributed by atoms with Crippen LogP contribution in [-0.2, 0) is 4.79 Å². The lowest BCUT2D eigenvalue weighted by Gasteiger charge is -2.35. The number of piperazine rings is 1. The summed E-state index contributed by atoms with van der Waals surface area (Å²) in [5.41, 5.74) is 2.14. The number of nitrogens with one attached hydrogen (secondary N) is 1. The van der Waals surface area contributed by atoms with E-state index < -0.39 is 0 Å². The van der Waals surface area contributed by atoms with Crippen molar-refractivity contribution in [1.82, 2.24) is 9.88 Å². The molecule has 0 saturated carbocycles. The van der Waals surface area contributed by atoms with Crippen LogP contribution in [0.3, 0.4) is 0 Å². The van der Waals surface area contributed by atoms with Gasteiger partial charge in [-0.15, -0.1) is 0 Å². The van der Waals surface area contributed by atoms with Crippen LogP contribution in [-0.4, -0.2) is 47.9 Å². The number of hydrogen-bond donors (Lipinski definition) is 1. The molecule has 2 aromatic carbocycles. The summed E-state index contributed by atoms with van der Waals surface area (Å²) in [6.45, 7) is 4.42. The van der Waals surface area contributed by atoms with Crippen LogP contribution >= 0.6 is 0 Å². The van der Waals surface area contributed by atoms with Gasteiger partial charge in [-0.1, -0.05) is 37.3 Å². The summed E-state index contributed by atoms with van der Waals surface area (Å²) in [7, 11) is 0. The molecular weight excluding hydrogens is 419 g/mol. The predicted molar refractivity (Wildman–Crippen MR) is 127 cm³/mol. The van der Waals surface area contributed by atoms with Crippen LogP contribution in [0.5, 0.6) is 0 Å². The first-order valence-corrected chi connectivity index (χ1v) is 11.2. The SMILES string of the molecule is CCC(C(=O)Nc1ccc(N2CCN(C(=O)c3ccc(F)cc3)CC2)nc1)c1ccccc1. The number of carbonyl (C=O) groups is 2. The molecule has 7 heteroatoms. The molecule has 1 saturated heterocycles. The van der Waals surface area contributed by atoms with E-state index in [1.165, 1.54) is 24.3 Å². The fourth-order valence-corrected chi connectivity index (χ4v) is 4.05. The number of pyridine rings is 1. The van der Waals surface area contributed by atoms with Gasteiger partial charge in [-0.3, -0.25) is 9.59 Å². The van der Waals surface area contributed by atoms with Crippen LogP contribution in [0, 0.1) is 5.82 Å². The van der Waals surface area contributed by atoms with Crippen LogP contribution in [0.2, 0.25) is 0 Å². The van der Waals surface area contributed by atoms with Gasteiger partial charge in [-0.05, 0) is 48.4 Å². The number of carbonyl (C=O) groups excluding carboxylic acids is 2. The summed E-state index contributed by atoms with van der Waals surface area (Å²) < 4.78 is 13.1. The lowest BCUT2D eigenvalue weighted by atomic mass is 9.95. The van der Waals surface area contributed by atoms with Crippen molar-refractivity contribution in [2.75, 3.05) is 36.4 Å². The van der Waals surface area contributed by atoms with Crippen LogP contribution in [0.4, 0.5) is 15.9 Å². The molecule has 1 aromatic heterocycles. The van der Waals surface area contributed by atoms with Gasteiger partial charge in [0.15, 0.2) is 0 Å². The van der Waals surface area contributed by atoms with Gasteiger partial charge in [0.25, 0.3) is 5.91 Å². The van der Waals surface area contributed by atoms with Crippen molar-refractivity contribution in [1.29, 1.82) is 0 Å². The molecule has 0 aliphatic carbocycles. The quantitative estimate of drug-likeness (QED) is 0.613. The van der Waals surface area contributed by atoms with Crippen molar-refractivity contribution >= 4 is 23.3 Å². The van der Waals surface area contributed by atoms with Crippen molar-refractivity contribution in [3.05, 3.63) is 89.9 Å². The van der Waals surface area contributed by atoms with Crippen LogP contribution in [0.15, 0.2) is 72.9 Å². The molecule has 1 aliphatic rings. The molecule has 2 amide bonds. The van der Waals surface area contributed by atoms with E-state index in [2.05, 4.69) is 15.2 Å². The summed E-state index contributed by atoms with van der Waals surface area (Å²) in [5, 5.41) is 2.97. The monoisotopic (exact) mass is 446 g/mol. The van der Waals surface area contributed by atoms with Crippen molar-refractivity contribution in [3.8, 4) is 0 Å². The average Bonchev–Trinajstić information content (AvgIpc) is 2.86. The van der Waals surface area contributed by atoms with Gasteiger partial charge < -0.3 is 15.1 Å². The van der Waals surface area contributed by atoms with Gasteiger partial charge in [0.2, 0.25) is 5.91 Å². The minimum atomic E-state index is -0.354. The molecule has 170 valence electrons. The average molecular weight is 447 g/mol. The molecule has 1 aliphatic heterocycles. The predicted octanol–water partition coefficient (Wildman–Crippen LogP) is 4.32. The maximum absolute atomic E-state index is 13.1. The van der Waals surface area contributed by atoms with Crippen LogP contribution < -0.4 is 10.2 Å². The molecule has 33 heavy (non-hydrogen) atoms. The van der Waals surface area contributed by atoms with E-state index in [0.717, 1.165) is 11.4 Å². The molecule has 3 aromatic rings. The Morgan fingerprint density at radius 1 is 0.970 bits per heavy atom. The second-order valence-corrected chi connectivity index (χ2v) is 8.05. The highest BCUT2D eigenvalue weighted by Gasteiger charge is 2.23. The van der Waals surface area contributed by atoms with E-state index in [9.17, 15) is 14.0 Å². The Kier molecular flexibility index (Phi) is 6.98. The number of amides is 2. The topological polar surface area (TPSA) is 65.5 Å². The third-order valence-corrected chi connectivity index (χ3v) is 5.92. The highest BCUT2D eigenvalue weighted by Crippen LogP contribution is 2.22. The van der Waals surface area contributed by atoms with Crippen molar-refractivity contribution < 1.29 is 14.0 Å². The molecule has 1 unspecified atom stereocenters. The Balaban J connectivity index is 1.33. The Labute approximate surface area is 193 Å². The molecule has 1 atom stereocenters. The molecule has 1 fully saturated rings. The Morgan fingerprint density at radius 3 is 2.27 bits per heavy atom. The highest BCUT2D eigenvalue weighted by atomic mass is 19.1. The van der Waals surface area contributed by atoms with Crippen molar-refractivity contribution in [2.24, 2.45) is 0 Å². The van der Waals surface area contributed by atoms with Gasteiger partial charge in [0, 0.05) is 31.7 Å². The minimum Gasteiger partial charge on any atom is -0.353 e. The number of aromatic nitrogens is 1. The molecular formula is C26H27FN4O2. The van der Waals surface area contributed by atoms with E-state index in [4.69, 9.17) is 0 Å². The minimum absolute atomic E-state index is 0.0498. The zero-order chi connectivity index (χ0) is 23.2. The van der Waals surface area contributed by atoms with Gasteiger partial charge >= 0.3 is 0 Å². The molecule has 6 nitrogen and oxygen atoms in total. The standard InChI is InChI=1S/C26H27FN4O2/c1-2-23(19-6-4-3-5-7-19)25(32)29-22-12-13-24(28-18-22)30-14-16-31(17-15-30)26(33)20-8-10-21(27)11-9-20/h3-13,18,23H,2,14-17H2,1H3,(H,29,32). The third kappa shape index (κ3) is 5.37. The van der Waals surface area contributed by atoms with Gasteiger partial charge in [-0.25, -0.2) is 9.37 Å². The molecule has 2 heterocycles. The molecule has 0 spiro atoms. The second-order valence-electron chi connectivity index (χ2n) is 8.05. The number of benzene rings is 2. The fourth-order valence-electron chi connectivity index (χ4n) is 4.05. The Bertz CT molecular complexity index is 1080. The Morgan fingerprint density at radius 2 is 1.67 bits per heavy atom. The number of nitrogens with zero attached hydrogens (tertiary/aromatic N) is 3. The molecule has 1 N–H and O–H groups in total. The lowest BCUT2D eigenvalue weighted by molar-refractivity contribution is -0.117. The smallest absolute Gasteiger partial charge is 0.253 e. The number of anilines is 2. The normalized spacial score (nSPS) is 14.6. The van der Waals surface area contributed by atoms with E-state index in [1.807, 2.05) is 49.4 Å². The van der Waals surface area contributed by atoms with Crippen LogP contribution in [0.25, 0.3) is 0 Å². The highest BCUT2D eigenvalue weighted by molar-refractivity contribution is 5.96. The van der Waals surface area contributed by atoms with E-state index >= 15 is 0 Å². The Hall–Kier alpha value is -3.74. The summed E-state index contributed by atoms with van der Waals surface area (Å²) >= 11 is 0. The van der Waals surface area contributed by atoms with Gasteiger partial charge in [0.05, 0.1) is 17.8 Å². The zero-order valence-corrected chi connectivity index (χ0v) is 18.6. The lowest BCUT2D eigenvalue weighted by Crippen LogP contribution is -2.49. The van der Waals surface area contributed by atoms with Crippen molar-refractivity contribution in [2.45, 2.75) is 19.3 Å². The number of halogens is 1. The molecule has 0 bridgehead atoms.